The summed E-state index contributed by atoms with van der Waals surface area (Å²) in [6.07, 6.45) is 0.787. The lowest BCUT2D eigenvalue weighted by Crippen LogP contribution is -2.50. The molecule has 5 nitrogen and oxygen atoms in total. The van der Waals surface area contributed by atoms with Crippen LogP contribution in [0.15, 0.2) is 42.5 Å². The highest BCUT2D eigenvalue weighted by molar-refractivity contribution is 5.78. The summed E-state index contributed by atoms with van der Waals surface area (Å²) in [5.74, 6) is 0.738. The molecule has 0 bridgehead atoms. The third-order valence-corrected chi connectivity index (χ3v) is 4.94. The summed E-state index contributed by atoms with van der Waals surface area (Å²) < 4.78 is 5.80. The lowest BCUT2D eigenvalue weighted by Gasteiger charge is -2.39. The fraction of sp³-hybridized carbons (Fsp3) is 0.429. The van der Waals surface area contributed by atoms with E-state index in [0.29, 0.717) is 12.3 Å². The van der Waals surface area contributed by atoms with Gasteiger partial charge in [0.25, 0.3) is 5.91 Å². The van der Waals surface area contributed by atoms with E-state index in [0.717, 1.165) is 30.9 Å². The molecule has 138 valence electrons. The van der Waals surface area contributed by atoms with Crippen LogP contribution in [-0.2, 0) is 11.2 Å². The van der Waals surface area contributed by atoms with Crippen LogP contribution in [0.1, 0.15) is 29.9 Å². The molecule has 0 unspecified atom stereocenters. The molecule has 2 heterocycles. The number of aryl methyl sites for hydroxylation is 2. The number of likely N-dealkylation sites (N-methyl/N-ethyl adjacent to an activating group) is 1. The predicted octanol–water partition coefficient (Wildman–Crippen LogP) is 2.85. The molecule has 1 aliphatic rings. The van der Waals surface area contributed by atoms with Crippen molar-refractivity contribution in [3.05, 3.63) is 59.4 Å². The number of benzene rings is 1. The summed E-state index contributed by atoms with van der Waals surface area (Å²) in [6, 6.07) is 14.4. The average molecular weight is 353 g/mol. The van der Waals surface area contributed by atoms with E-state index in [1.54, 1.807) is 0 Å². The first-order valence-corrected chi connectivity index (χ1v) is 9.20. The SMILES string of the molecule is CCc1nc(C)ccc1OCC(=O)N1CCN(C)[C@@H](c2ccccc2)C1. The van der Waals surface area contributed by atoms with Gasteiger partial charge in [-0.15, -0.1) is 0 Å². The highest BCUT2D eigenvalue weighted by Gasteiger charge is 2.28. The van der Waals surface area contributed by atoms with Gasteiger partial charge in [0.1, 0.15) is 5.75 Å². The fourth-order valence-corrected chi connectivity index (χ4v) is 3.35. The Morgan fingerprint density at radius 3 is 2.69 bits per heavy atom. The molecule has 1 aromatic heterocycles. The Morgan fingerprint density at radius 1 is 1.19 bits per heavy atom. The first-order valence-electron chi connectivity index (χ1n) is 9.20. The Labute approximate surface area is 155 Å². The van der Waals surface area contributed by atoms with Crippen LogP contribution in [0.3, 0.4) is 0 Å². The van der Waals surface area contributed by atoms with E-state index in [1.165, 1.54) is 5.56 Å². The van der Waals surface area contributed by atoms with Crippen LogP contribution < -0.4 is 4.74 Å². The summed E-state index contributed by atoms with van der Waals surface area (Å²) in [5.41, 5.74) is 3.10. The third-order valence-electron chi connectivity index (χ3n) is 4.94. The van der Waals surface area contributed by atoms with Crippen molar-refractivity contribution in [2.45, 2.75) is 26.3 Å². The van der Waals surface area contributed by atoms with E-state index in [2.05, 4.69) is 29.1 Å². The maximum atomic E-state index is 12.7. The van der Waals surface area contributed by atoms with Gasteiger partial charge in [0.2, 0.25) is 0 Å². The number of carbonyl (C=O) groups is 1. The molecule has 5 heteroatoms. The molecular weight excluding hydrogens is 326 g/mol. The number of aromatic nitrogens is 1. The van der Waals surface area contributed by atoms with Gasteiger partial charge >= 0.3 is 0 Å². The molecule has 0 radical (unpaired) electrons. The van der Waals surface area contributed by atoms with Crippen LogP contribution in [0.5, 0.6) is 5.75 Å². The maximum absolute atomic E-state index is 12.7. The molecule has 1 fully saturated rings. The number of pyridine rings is 1. The number of amides is 1. The minimum absolute atomic E-state index is 0.0293. The number of nitrogens with zero attached hydrogens (tertiary/aromatic N) is 3. The second-order valence-electron chi connectivity index (χ2n) is 6.79. The van der Waals surface area contributed by atoms with Crippen molar-refractivity contribution in [3.63, 3.8) is 0 Å². The zero-order valence-corrected chi connectivity index (χ0v) is 15.8. The lowest BCUT2D eigenvalue weighted by atomic mass is 10.0. The summed E-state index contributed by atoms with van der Waals surface area (Å²) in [6.45, 7) is 6.34. The predicted molar refractivity (Wildman–Crippen MR) is 102 cm³/mol. The molecule has 1 aromatic carbocycles. The van der Waals surface area contributed by atoms with E-state index >= 15 is 0 Å². The Balaban J connectivity index is 1.63. The van der Waals surface area contributed by atoms with Crippen molar-refractivity contribution in [1.82, 2.24) is 14.8 Å². The minimum Gasteiger partial charge on any atom is -0.482 e. The molecule has 0 aliphatic carbocycles. The van der Waals surface area contributed by atoms with Gasteiger partial charge in [-0.1, -0.05) is 37.3 Å². The van der Waals surface area contributed by atoms with Crippen molar-refractivity contribution in [1.29, 1.82) is 0 Å². The number of piperazine rings is 1. The Kier molecular flexibility index (Phi) is 5.89. The van der Waals surface area contributed by atoms with Crippen molar-refractivity contribution in [2.24, 2.45) is 0 Å². The van der Waals surface area contributed by atoms with Gasteiger partial charge in [-0.2, -0.15) is 0 Å². The van der Waals surface area contributed by atoms with E-state index in [9.17, 15) is 4.79 Å². The molecule has 1 amide bonds. The van der Waals surface area contributed by atoms with Crippen molar-refractivity contribution >= 4 is 5.91 Å². The van der Waals surface area contributed by atoms with Crippen LogP contribution in [0.4, 0.5) is 0 Å². The quantitative estimate of drug-likeness (QED) is 0.829. The van der Waals surface area contributed by atoms with Gasteiger partial charge < -0.3 is 9.64 Å². The molecule has 0 spiro atoms. The van der Waals surface area contributed by atoms with Crippen LogP contribution in [0, 0.1) is 6.92 Å². The summed E-state index contributed by atoms with van der Waals surface area (Å²) in [4.78, 5) is 21.4. The van der Waals surface area contributed by atoms with E-state index in [1.807, 2.05) is 49.1 Å². The number of ether oxygens (including phenoxy) is 1. The zero-order chi connectivity index (χ0) is 18.5. The molecule has 26 heavy (non-hydrogen) atoms. The lowest BCUT2D eigenvalue weighted by molar-refractivity contribution is -0.136. The van der Waals surface area contributed by atoms with Crippen LogP contribution >= 0.6 is 0 Å². The summed E-state index contributed by atoms with van der Waals surface area (Å²) >= 11 is 0. The van der Waals surface area contributed by atoms with Crippen molar-refractivity contribution in [2.75, 3.05) is 33.3 Å². The number of carbonyl (C=O) groups excluding carboxylic acids is 1. The second kappa shape index (κ2) is 8.32. The highest BCUT2D eigenvalue weighted by atomic mass is 16.5. The molecule has 0 saturated carbocycles. The van der Waals surface area contributed by atoms with Gasteiger partial charge in [-0.25, -0.2) is 0 Å². The van der Waals surface area contributed by atoms with Crippen LogP contribution in [0.25, 0.3) is 0 Å². The van der Waals surface area contributed by atoms with Crippen LogP contribution in [-0.4, -0.2) is 54.0 Å². The molecule has 3 rings (SSSR count). The van der Waals surface area contributed by atoms with Crippen LogP contribution in [0.2, 0.25) is 0 Å². The molecule has 1 aliphatic heterocycles. The summed E-state index contributed by atoms with van der Waals surface area (Å²) in [7, 11) is 2.11. The van der Waals surface area contributed by atoms with Gasteiger partial charge in [0, 0.05) is 25.3 Å². The molecule has 0 N–H and O–H groups in total. The average Bonchev–Trinajstić information content (AvgIpc) is 2.67. The molecular formula is C21H27N3O2. The second-order valence-corrected chi connectivity index (χ2v) is 6.79. The van der Waals surface area contributed by atoms with Crippen molar-refractivity contribution in [3.8, 4) is 5.75 Å². The molecule has 2 aromatic rings. The minimum atomic E-state index is 0.0293. The highest BCUT2D eigenvalue weighted by Crippen LogP contribution is 2.24. The molecule has 1 saturated heterocycles. The standard InChI is InChI=1S/C21H27N3O2/c1-4-18-20(11-10-16(2)22-18)26-15-21(25)24-13-12-23(3)19(14-24)17-8-6-5-7-9-17/h5-11,19H,4,12-15H2,1-3H3/t19-/m1/s1. The van der Waals surface area contributed by atoms with Gasteiger partial charge in [-0.3, -0.25) is 14.7 Å². The van der Waals surface area contributed by atoms with E-state index < -0.39 is 0 Å². The largest absolute Gasteiger partial charge is 0.482 e. The third kappa shape index (κ3) is 4.22. The zero-order valence-electron chi connectivity index (χ0n) is 15.8. The fourth-order valence-electron chi connectivity index (χ4n) is 3.35. The monoisotopic (exact) mass is 353 g/mol. The normalized spacial score (nSPS) is 18.0. The Bertz CT molecular complexity index is 748. The van der Waals surface area contributed by atoms with Gasteiger partial charge in [-0.05, 0) is 38.1 Å². The first-order chi connectivity index (χ1) is 12.6. The van der Waals surface area contributed by atoms with Gasteiger partial charge in [0.05, 0.1) is 11.7 Å². The van der Waals surface area contributed by atoms with E-state index in [4.69, 9.17) is 4.74 Å². The Morgan fingerprint density at radius 2 is 1.96 bits per heavy atom. The topological polar surface area (TPSA) is 45.7 Å². The molecule has 1 atom stereocenters. The number of hydrogen-bond donors (Lipinski definition) is 0. The Hall–Kier alpha value is -2.40. The maximum Gasteiger partial charge on any atom is 0.260 e. The first kappa shape index (κ1) is 18.4. The van der Waals surface area contributed by atoms with Gasteiger partial charge in [0.15, 0.2) is 6.61 Å². The van der Waals surface area contributed by atoms with E-state index in [-0.39, 0.29) is 18.6 Å². The van der Waals surface area contributed by atoms with Crippen molar-refractivity contribution < 1.29 is 9.53 Å². The number of rotatable bonds is 5. The smallest absolute Gasteiger partial charge is 0.260 e. The summed E-state index contributed by atoms with van der Waals surface area (Å²) in [5, 5.41) is 0. The number of hydrogen-bond acceptors (Lipinski definition) is 4.